The average Bonchev–Trinajstić information content (AvgIpc) is 2.60. The second-order valence-corrected chi connectivity index (χ2v) is 7.93. The fraction of sp³-hybridized carbons (Fsp3) is 0.773. The molecule has 2 N–H and O–H groups in total. The Bertz CT molecular complexity index is 463. The molecule has 7 heteroatoms. The summed E-state index contributed by atoms with van der Waals surface area (Å²) in [5.74, 6) is -3.85. The molecule has 0 unspecified atom stereocenters. The molecule has 29 heavy (non-hydrogen) atoms. The van der Waals surface area contributed by atoms with Gasteiger partial charge in [-0.05, 0) is 38.5 Å². The molecule has 0 aromatic rings. The highest BCUT2D eigenvalue weighted by molar-refractivity contribution is 5.72. The van der Waals surface area contributed by atoms with Crippen molar-refractivity contribution < 1.29 is 34.2 Å². The van der Waals surface area contributed by atoms with E-state index in [0.717, 1.165) is 25.7 Å². The van der Waals surface area contributed by atoms with Crippen molar-refractivity contribution in [3.63, 3.8) is 0 Å². The molecule has 0 heterocycles. The summed E-state index contributed by atoms with van der Waals surface area (Å²) >= 11 is 0. The van der Waals surface area contributed by atoms with E-state index >= 15 is 0 Å². The Morgan fingerprint density at radius 1 is 0.724 bits per heavy atom. The molecule has 0 atom stereocenters. The maximum absolute atomic E-state index is 11.1. The molecule has 7 nitrogen and oxygen atoms in total. The molecule has 0 amide bonds. The first-order chi connectivity index (χ1) is 13.8. The van der Waals surface area contributed by atoms with Crippen molar-refractivity contribution in [1.82, 2.24) is 0 Å². The minimum atomic E-state index is -1.43. The van der Waals surface area contributed by atoms with Gasteiger partial charge in [-0.1, -0.05) is 57.6 Å². The molecule has 0 rings (SSSR count). The Morgan fingerprint density at radius 3 is 1.62 bits per heavy atom. The summed E-state index contributed by atoms with van der Waals surface area (Å²) in [4.78, 5) is 33.2. The van der Waals surface area contributed by atoms with E-state index < -0.39 is 42.0 Å². The van der Waals surface area contributed by atoms with Crippen molar-refractivity contribution >= 4 is 17.9 Å². The van der Waals surface area contributed by atoms with Gasteiger partial charge in [0, 0.05) is 0 Å². The molecule has 0 aliphatic rings. The van der Waals surface area contributed by atoms with Crippen molar-refractivity contribution in [2.75, 3.05) is 26.2 Å². The van der Waals surface area contributed by atoms with Crippen LogP contribution in [0, 0.1) is 0 Å². The predicted molar refractivity (Wildman–Crippen MR) is 110 cm³/mol. The van der Waals surface area contributed by atoms with Crippen molar-refractivity contribution in [3.8, 4) is 0 Å². The van der Waals surface area contributed by atoms with Gasteiger partial charge in [0.1, 0.15) is 6.54 Å². The lowest BCUT2D eigenvalue weighted by Gasteiger charge is -2.36. The monoisotopic (exact) mass is 413 g/mol. The van der Waals surface area contributed by atoms with Gasteiger partial charge in [-0.2, -0.15) is 0 Å². The molecule has 0 saturated carbocycles. The standard InChI is InChI=1S/C22H39NO6/c1-2-3-4-5-6-7-8-9-10-11-12-13-14-15-16-23(17-20(24)25,18-21(26)27)19-22(28)29/h10-11H,2-9,12-19H2,1H3,(H2-,24,25,26,27,28,29)/b11-10+. The molecule has 0 bridgehead atoms. The number of aliphatic carboxylic acids is 3. The fourth-order valence-corrected chi connectivity index (χ4v) is 3.59. The molecule has 0 aliphatic heterocycles. The van der Waals surface area contributed by atoms with Gasteiger partial charge >= 0.3 is 11.9 Å². The van der Waals surface area contributed by atoms with Gasteiger partial charge < -0.3 is 24.6 Å². The third-order valence-corrected chi connectivity index (χ3v) is 5.05. The maximum atomic E-state index is 11.1. The van der Waals surface area contributed by atoms with E-state index in [2.05, 4.69) is 19.1 Å². The van der Waals surface area contributed by atoms with Crippen LogP contribution in [0.4, 0.5) is 0 Å². The van der Waals surface area contributed by atoms with Crippen molar-refractivity contribution in [2.45, 2.75) is 84.0 Å². The van der Waals surface area contributed by atoms with Crippen LogP contribution in [0.3, 0.4) is 0 Å². The van der Waals surface area contributed by atoms with Gasteiger partial charge in [-0.15, -0.1) is 0 Å². The highest BCUT2D eigenvalue weighted by Gasteiger charge is 2.33. The predicted octanol–water partition coefficient (Wildman–Crippen LogP) is 2.98. The Kier molecular flexibility index (Phi) is 15.9. The summed E-state index contributed by atoms with van der Waals surface area (Å²) in [6, 6.07) is 0. The van der Waals surface area contributed by atoms with E-state index in [9.17, 15) is 19.5 Å². The number of unbranched alkanes of at least 4 members (excludes halogenated alkanes) is 10. The zero-order chi connectivity index (χ0) is 22.0. The molecule has 0 fully saturated rings. The van der Waals surface area contributed by atoms with Crippen LogP contribution in [-0.2, 0) is 14.4 Å². The number of rotatable bonds is 20. The van der Waals surface area contributed by atoms with Gasteiger partial charge in [0.15, 0.2) is 13.1 Å². The van der Waals surface area contributed by atoms with Crippen LogP contribution in [0.25, 0.3) is 0 Å². The van der Waals surface area contributed by atoms with Gasteiger partial charge in [-0.25, -0.2) is 9.59 Å². The summed E-state index contributed by atoms with van der Waals surface area (Å²) in [6.45, 7) is 0.766. The summed E-state index contributed by atoms with van der Waals surface area (Å²) < 4.78 is -0.513. The third kappa shape index (κ3) is 16.7. The molecule has 0 saturated heterocycles. The lowest BCUT2D eigenvalue weighted by atomic mass is 10.1. The lowest BCUT2D eigenvalue weighted by molar-refractivity contribution is -0.909. The number of allylic oxidation sites excluding steroid dienone is 2. The van der Waals surface area contributed by atoms with E-state index in [0.29, 0.717) is 6.42 Å². The van der Waals surface area contributed by atoms with Gasteiger partial charge in [0.25, 0.3) is 0 Å². The number of quaternary nitrogens is 1. The Hall–Kier alpha value is -1.89. The number of hydrogen-bond acceptors (Lipinski definition) is 4. The molecular weight excluding hydrogens is 374 g/mol. The Balaban J connectivity index is 4.06. The molecule has 0 aromatic heterocycles. The molecule has 0 aliphatic carbocycles. The highest BCUT2D eigenvalue weighted by Crippen LogP contribution is 2.12. The number of carbonyl (C=O) groups is 3. The maximum Gasteiger partial charge on any atom is 0.359 e. The third-order valence-electron chi connectivity index (χ3n) is 5.05. The molecule has 0 radical (unpaired) electrons. The van der Waals surface area contributed by atoms with E-state index in [-0.39, 0.29) is 6.54 Å². The minimum Gasteiger partial charge on any atom is -0.544 e. The second kappa shape index (κ2) is 17.0. The molecule has 0 spiro atoms. The lowest BCUT2D eigenvalue weighted by Crippen LogP contribution is -2.59. The van der Waals surface area contributed by atoms with Gasteiger partial charge in [-0.3, -0.25) is 0 Å². The zero-order valence-corrected chi connectivity index (χ0v) is 17.9. The van der Waals surface area contributed by atoms with Crippen LogP contribution >= 0.6 is 0 Å². The second-order valence-electron chi connectivity index (χ2n) is 7.93. The van der Waals surface area contributed by atoms with Crippen molar-refractivity contribution in [3.05, 3.63) is 12.2 Å². The first kappa shape index (κ1) is 27.1. The van der Waals surface area contributed by atoms with Crippen LogP contribution in [0.2, 0.25) is 0 Å². The molecule has 0 aromatic carbocycles. The smallest absolute Gasteiger partial charge is 0.359 e. The van der Waals surface area contributed by atoms with E-state index in [1.165, 1.54) is 44.9 Å². The Labute approximate surface area is 175 Å². The number of nitrogens with zero attached hydrogens (tertiary/aromatic N) is 1. The minimum absolute atomic E-state index is 0.203. The number of carboxylic acid groups (broad SMARTS) is 3. The summed E-state index contributed by atoms with van der Waals surface area (Å²) in [5, 5.41) is 29.1. The normalized spacial score (nSPS) is 11.8. The van der Waals surface area contributed by atoms with Crippen LogP contribution < -0.4 is 5.11 Å². The van der Waals surface area contributed by atoms with E-state index in [1.54, 1.807) is 0 Å². The van der Waals surface area contributed by atoms with Crippen LogP contribution in [0.15, 0.2) is 12.2 Å². The van der Waals surface area contributed by atoms with Crippen LogP contribution in [0.5, 0.6) is 0 Å². The SMILES string of the molecule is CCCCCCCCC/C=C/CCCCC[N+](CC(=O)[O-])(CC(=O)O)CC(=O)O. The number of carboxylic acids is 3. The molecule has 168 valence electrons. The molecular formula is C22H39NO6. The summed E-state index contributed by atoms with van der Waals surface area (Å²) in [7, 11) is 0. The summed E-state index contributed by atoms with van der Waals surface area (Å²) in [5.41, 5.74) is 0. The van der Waals surface area contributed by atoms with Crippen molar-refractivity contribution in [2.24, 2.45) is 0 Å². The topological polar surface area (TPSA) is 115 Å². The highest BCUT2D eigenvalue weighted by atomic mass is 16.4. The first-order valence-electron chi connectivity index (χ1n) is 10.9. The zero-order valence-electron chi connectivity index (χ0n) is 17.9. The first-order valence-corrected chi connectivity index (χ1v) is 10.9. The number of hydrogen-bond donors (Lipinski definition) is 2. The Morgan fingerprint density at radius 2 is 1.17 bits per heavy atom. The fourth-order valence-electron chi connectivity index (χ4n) is 3.59. The van der Waals surface area contributed by atoms with E-state index in [4.69, 9.17) is 10.2 Å². The largest absolute Gasteiger partial charge is 0.544 e. The van der Waals surface area contributed by atoms with Gasteiger partial charge in [0.05, 0.1) is 12.5 Å². The van der Waals surface area contributed by atoms with Gasteiger partial charge in [0.2, 0.25) is 0 Å². The van der Waals surface area contributed by atoms with Crippen LogP contribution in [0.1, 0.15) is 84.0 Å². The quantitative estimate of drug-likeness (QED) is 0.180. The number of carbonyl (C=O) groups excluding carboxylic acids is 1. The summed E-state index contributed by atoms with van der Waals surface area (Å²) in [6.07, 6.45) is 17.8. The van der Waals surface area contributed by atoms with Crippen molar-refractivity contribution in [1.29, 1.82) is 0 Å². The average molecular weight is 414 g/mol. The van der Waals surface area contributed by atoms with E-state index in [1.807, 2.05) is 0 Å². The van der Waals surface area contributed by atoms with Crippen LogP contribution in [-0.4, -0.2) is 58.8 Å².